The third-order valence-corrected chi connectivity index (χ3v) is 3.56. The van der Waals surface area contributed by atoms with E-state index in [0.717, 1.165) is 18.2 Å². The molecule has 1 heterocycles. The molecular formula is C12H19ClN4. The summed E-state index contributed by atoms with van der Waals surface area (Å²) in [4.78, 5) is 8.15. The molecule has 1 aliphatic rings. The van der Waals surface area contributed by atoms with Gasteiger partial charge in [0.25, 0.3) is 0 Å². The molecule has 0 bridgehead atoms. The van der Waals surface area contributed by atoms with E-state index < -0.39 is 0 Å². The van der Waals surface area contributed by atoms with Crippen molar-refractivity contribution in [2.45, 2.75) is 39.0 Å². The van der Waals surface area contributed by atoms with Crippen LogP contribution in [0.4, 0.5) is 11.5 Å². The first kappa shape index (κ1) is 12.4. The van der Waals surface area contributed by atoms with Crippen molar-refractivity contribution >= 4 is 23.1 Å². The van der Waals surface area contributed by atoms with Crippen LogP contribution in [0.2, 0.25) is 5.28 Å². The van der Waals surface area contributed by atoms with Gasteiger partial charge >= 0.3 is 0 Å². The molecule has 0 aliphatic heterocycles. The van der Waals surface area contributed by atoms with E-state index in [1.807, 2.05) is 6.92 Å². The number of nitrogens with zero attached hydrogens (tertiary/aromatic N) is 2. The molecule has 0 aromatic carbocycles. The van der Waals surface area contributed by atoms with Crippen LogP contribution in [-0.4, -0.2) is 16.5 Å². The maximum absolute atomic E-state index is 5.92. The first-order valence-corrected chi connectivity index (χ1v) is 6.58. The van der Waals surface area contributed by atoms with Crippen LogP contribution >= 0.6 is 11.6 Å². The molecule has 0 amide bonds. The summed E-state index contributed by atoms with van der Waals surface area (Å²) in [5.74, 6) is 1.41. The summed E-state index contributed by atoms with van der Waals surface area (Å²) >= 11 is 5.83. The van der Waals surface area contributed by atoms with E-state index in [-0.39, 0.29) is 5.28 Å². The quantitative estimate of drug-likeness (QED) is 0.814. The minimum Gasteiger partial charge on any atom is -0.394 e. The van der Waals surface area contributed by atoms with Gasteiger partial charge in [-0.05, 0) is 37.3 Å². The Morgan fingerprint density at radius 1 is 1.29 bits per heavy atom. The zero-order valence-corrected chi connectivity index (χ0v) is 10.9. The molecule has 4 nitrogen and oxygen atoms in total. The van der Waals surface area contributed by atoms with Crippen molar-refractivity contribution in [3.8, 4) is 0 Å². The molecule has 0 radical (unpaired) electrons. The van der Waals surface area contributed by atoms with E-state index in [4.69, 9.17) is 17.3 Å². The van der Waals surface area contributed by atoms with E-state index in [0.29, 0.717) is 11.5 Å². The highest BCUT2D eigenvalue weighted by molar-refractivity contribution is 6.28. The van der Waals surface area contributed by atoms with E-state index in [1.165, 1.54) is 32.1 Å². The van der Waals surface area contributed by atoms with Gasteiger partial charge in [0.05, 0.1) is 11.4 Å². The molecule has 0 atom stereocenters. The lowest BCUT2D eigenvalue weighted by Crippen LogP contribution is -2.18. The molecule has 0 spiro atoms. The van der Waals surface area contributed by atoms with Crippen LogP contribution in [0.1, 0.15) is 37.8 Å². The fourth-order valence-corrected chi connectivity index (χ4v) is 2.53. The van der Waals surface area contributed by atoms with Gasteiger partial charge in [0.1, 0.15) is 0 Å². The van der Waals surface area contributed by atoms with Gasteiger partial charge in [-0.25, -0.2) is 4.98 Å². The molecule has 2 rings (SSSR count). The molecule has 0 saturated heterocycles. The van der Waals surface area contributed by atoms with Gasteiger partial charge < -0.3 is 11.1 Å². The summed E-state index contributed by atoms with van der Waals surface area (Å²) in [6.07, 6.45) is 6.64. The van der Waals surface area contributed by atoms with Gasteiger partial charge in [-0.3, -0.25) is 0 Å². The number of halogens is 1. The molecule has 0 unspecified atom stereocenters. The Morgan fingerprint density at radius 3 is 2.71 bits per heavy atom. The summed E-state index contributed by atoms with van der Waals surface area (Å²) < 4.78 is 0. The Labute approximate surface area is 107 Å². The van der Waals surface area contributed by atoms with Gasteiger partial charge in [0, 0.05) is 6.54 Å². The number of hydrogen-bond donors (Lipinski definition) is 2. The van der Waals surface area contributed by atoms with Crippen molar-refractivity contribution < 1.29 is 0 Å². The summed E-state index contributed by atoms with van der Waals surface area (Å²) in [6.45, 7) is 2.77. The zero-order chi connectivity index (χ0) is 12.3. The van der Waals surface area contributed by atoms with Crippen LogP contribution in [0.3, 0.4) is 0 Å². The highest BCUT2D eigenvalue weighted by Gasteiger charge is 2.14. The van der Waals surface area contributed by atoms with Crippen molar-refractivity contribution in [2.24, 2.45) is 5.92 Å². The van der Waals surface area contributed by atoms with Crippen LogP contribution in [-0.2, 0) is 0 Å². The number of nitrogens with one attached hydrogen (secondary N) is 1. The Hall–Kier alpha value is -1.03. The number of nitrogens with two attached hydrogens (primary N) is 1. The second-order valence-electron chi connectivity index (χ2n) is 4.73. The molecule has 94 valence electrons. The number of aromatic nitrogens is 2. The molecule has 1 saturated carbocycles. The number of rotatable bonds is 3. The predicted molar refractivity (Wildman–Crippen MR) is 71.3 cm³/mol. The van der Waals surface area contributed by atoms with Crippen LogP contribution in [0.25, 0.3) is 0 Å². The summed E-state index contributed by atoms with van der Waals surface area (Å²) in [7, 11) is 0. The topological polar surface area (TPSA) is 63.8 Å². The third-order valence-electron chi connectivity index (χ3n) is 3.39. The SMILES string of the molecule is Cc1nc(Cl)nc(NCC2CCCCC2)c1N. The van der Waals surface area contributed by atoms with Crippen molar-refractivity contribution in [2.75, 3.05) is 17.6 Å². The Kier molecular flexibility index (Phi) is 4.05. The van der Waals surface area contributed by atoms with Gasteiger partial charge in [0.2, 0.25) is 5.28 Å². The van der Waals surface area contributed by atoms with E-state index in [2.05, 4.69) is 15.3 Å². The van der Waals surface area contributed by atoms with Crippen molar-refractivity contribution in [3.05, 3.63) is 11.0 Å². The summed E-state index contributed by atoms with van der Waals surface area (Å²) in [5, 5.41) is 3.56. The largest absolute Gasteiger partial charge is 0.394 e. The van der Waals surface area contributed by atoms with Crippen LogP contribution in [0.15, 0.2) is 0 Å². The minimum absolute atomic E-state index is 0.253. The molecule has 3 N–H and O–H groups in total. The first-order chi connectivity index (χ1) is 8.16. The minimum atomic E-state index is 0.253. The lowest BCUT2D eigenvalue weighted by molar-refractivity contribution is 0.373. The smallest absolute Gasteiger partial charge is 0.224 e. The molecule has 1 fully saturated rings. The molecule has 1 aliphatic carbocycles. The normalized spacial score (nSPS) is 17.1. The molecule has 5 heteroatoms. The van der Waals surface area contributed by atoms with Crippen molar-refractivity contribution in [3.63, 3.8) is 0 Å². The fraction of sp³-hybridized carbons (Fsp3) is 0.667. The average Bonchev–Trinajstić information content (AvgIpc) is 2.33. The van der Waals surface area contributed by atoms with Crippen molar-refractivity contribution in [1.82, 2.24) is 9.97 Å². The lowest BCUT2D eigenvalue weighted by Gasteiger charge is -2.22. The third kappa shape index (κ3) is 3.22. The van der Waals surface area contributed by atoms with E-state index in [9.17, 15) is 0 Å². The van der Waals surface area contributed by atoms with Crippen LogP contribution < -0.4 is 11.1 Å². The van der Waals surface area contributed by atoms with Crippen LogP contribution in [0.5, 0.6) is 0 Å². The maximum Gasteiger partial charge on any atom is 0.224 e. The van der Waals surface area contributed by atoms with E-state index >= 15 is 0 Å². The Morgan fingerprint density at radius 2 is 2.00 bits per heavy atom. The average molecular weight is 255 g/mol. The second-order valence-corrected chi connectivity index (χ2v) is 5.06. The van der Waals surface area contributed by atoms with Gasteiger partial charge in [-0.1, -0.05) is 19.3 Å². The maximum atomic E-state index is 5.92. The number of aryl methyl sites for hydroxylation is 1. The highest BCUT2D eigenvalue weighted by Crippen LogP contribution is 2.25. The molecule has 17 heavy (non-hydrogen) atoms. The summed E-state index contributed by atoms with van der Waals surface area (Å²) in [5.41, 5.74) is 7.26. The van der Waals surface area contributed by atoms with Gasteiger partial charge in [-0.15, -0.1) is 0 Å². The van der Waals surface area contributed by atoms with Gasteiger partial charge in [-0.2, -0.15) is 4.98 Å². The number of nitrogen functional groups attached to an aromatic ring is 1. The monoisotopic (exact) mass is 254 g/mol. The number of hydrogen-bond acceptors (Lipinski definition) is 4. The fourth-order valence-electron chi connectivity index (χ4n) is 2.31. The molecule has 1 aromatic heterocycles. The molecular weight excluding hydrogens is 236 g/mol. The first-order valence-electron chi connectivity index (χ1n) is 6.20. The second kappa shape index (κ2) is 5.54. The number of anilines is 2. The van der Waals surface area contributed by atoms with Gasteiger partial charge in [0.15, 0.2) is 5.82 Å². The lowest BCUT2D eigenvalue weighted by atomic mass is 9.89. The van der Waals surface area contributed by atoms with Crippen molar-refractivity contribution in [1.29, 1.82) is 0 Å². The molecule has 1 aromatic rings. The summed E-state index contributed by atoms with van der Waals surface area (Å²) in [6, 6.07) is 0. The Balaban J connectivity index is 1.98. The van der Waals surface area contributed by atoms with E-state index in [1.54, 1.807) is 0 Å². The highest BCUT2D eigenvalue weighted by atomic mass is 35.5. The zero-order valence-electron chi connectivity index (χ0n) is 10.2. The Bertz CT molecular complexity index is 388. The van der Waals surface area contributed by atoms with Crippen LogP contribution in [0, 0.1) is 12.8 Å². The standard InChI is InChI=1S/C12H19ClN4/c1-8-10(14)11(17-12(13)16-8)15-7-9-5-3-2-4-6-9/h9H,2-7,14H2,1H3,(H,15,16,17). The predicted octanol–water partition coefficient (Wildman–Crippen LogP) is 3.01.